The van der Waals surface area contributed by atoms with E-state index in [-0.39, 0.29) is 10.8 Å². The molecule has 0 aliphatic carbocycles. The molecular formula is C19H16Cl2O. The highest BCUT2D eigenvalue weighted by molar-refractivity contribution is 6.39. The summed E-state index contributed by atoms with van der Waals surface area (Å²) in [5.41, 5.74) is 1.60. The zero-order valence-corrected chi connectivity index (χ0v) is 13.5. The Labute approximate surface area is 140 Å². The molecule has 112 valence electrons. The Balaban J connectivity index is 2.69. The first-order valence-electron chi connectivity index (χ1n) is 6.89. The number of benzene rings is 2. The third-order valence-corrected chi connectivity index (χ3v) is 4.41. The van der Waals surface area contributed by atoms with Gasteiger partial charge in [-0.1, -0.05) is 89.9 Å². The van der Waals surface area contributed by atoms with E-state index in [1.54, 1.807) is 18.2 Å². The molecule has 0 saturated carbocycles. The number of halogens is 2. The van der Waals surface area contributed by atoms with Gasteiger partial charge in [-0.15, -0.1) is 6.58 Å². The van der Waals surface area contributed by atoms with Crippen molar-refractivity contribution in [1.82, 2.24) is 0 Å². The zero-order valence-electron chi connectivity index (χ0n) is 12.0. The predicted octanol–water partition coefficient (Wildman–Crippen LogP) is 5.70. The number of carbonyl (C=O) groups is 1. The average molecular weight is 331 g/mol. The molecule has 2 aromatic rings. The van der Waals surface area contributed by atoms with Crippen LogP contribution in [0.2, 0.25) is 0 Å². The SMILES string of the molecule is C=CCC(C(=O)c1ccccc1)(/C(Cl)=C\Cl)c1ccccc1. The Morgan fingerprint density at radius 3 is 2.09 bits per heavy atom. The summed E-state index contributed by atoms with van der Waals surface area (Å²) in [5, 5.41) is 0.286. The maximum Gasteiger partial charge on any atom is 0.179 e. The van der Waals surface area contributed by atoms with Gasteiger partial charge in [0, 0.05) is 16.1 Å². The fourth-order valence-electron chi connectivity index (χ4n) is 2.55. The molecule has 1 atom stereocenters. The maximum absolute atomic E-state index is 13.2. The summed E-state index contributed by atoms with van der Waals surface area (Å²) in [5.74, 6) is -0.0962. The fourth-order valence-corrected chi connectivity index (χ4v) is 3.01. The molecule has 1 unspecified atom stereocenters. The summed E-state index contributed by atoms with van der Waals surface area (Å²) in [4.78, 5) is 13.2. The van der Waals surface area contributed by atoms with Gasteiger partial charge in [0.15, 0.2) is 5.78 Å². The molecule has 22 heavy (non-hydrogen) atoms. The van der Waals surface area contributed by atoms with Crippen LogP contribution in [0.3, 0.4) is 0 Å². The van der Waals surface area contributed by atoms with Crippen molar-refractivity contribution in [2.24, 2.45) is 0 Å². The van der Waals surface area contributed by atoms with Crippen molar-refractivity contribution in [2.75, 3.05) is 0 Å². The Bertz CT molecular complexity index is 677. The summed E-state index contributed by atoms with van der Waals surface area (Å²) >= 11 is 12.3. The molecule has 0 spiro atoms. The molecule has 0 bridgehead atoms. The van der Waals surface area contributed by atoms with Crippen molar-refractivity contribution in [2.45, 2.75) is 11.8 Å². The lowest BCUT2D eigenvalue weighted by Gasteiger charge is -2.31. The summed E-state index contributed by atoms with van der Waals surface area (Å²) in [6.07, 6.45) is 2.06. The Morgan fingerprint density at radius 1 is 1.05 bits per heavy atom. The third-order valence-electron chi connectivity index (χ3n) is 3.64. The van der Waals surface area contributed by atoms with E-state index in [0.717, 1.165) is 5.56 Å². The van der Waals surface area contributed by atoms with Crippen LogP contribution >= 0.6 is 23.2 Å². The van der Waals surface area contributed by atoms with Gasteiger partial charge < -0.3 is 0 Å². The van der Waals surface area contributed by atoms with Crippen LogP contribution in [-0.2, 0) is 5.41 Å². The predicted molar refractivity (Wildman–Crippen MR) is 93.5 cm³/mol. The third kappa shape index (κ3) is 3.01. The number of Topliss-reactive ketones (excluding diaryl/α,β-unsaturated/α-hetero) is 1. The quantitative estimate of drug-likeness (QED) is 0.490. The molecular weight excluding hydrogens is 315 g/mol. The van der Waals surface area contributed by atoms with Gasteiger partial charge in [0.05, 0.1) is 5.41 Å². The van der Waals surface area contributed by atoms with E-state index in [2.05, 4.69) is 6.58 Å². The molecule has 0 aromatic heterocycles. The smallest absolute Gasteiger partial charge is 0.179 e. The monoisotopic (exact) mass is 330 g/mol. The van der Waals surface area contributed by atoms with E-state index < -0.39 is 5.41 Å². The van der Waals surface area contributed by atoms with Gasteiger partial charge in [-0.3, -0.25) is 4.79 Å². The number of ketones is 1. The van der Waals surface area contributed by atoms with E-state index in [9.17, 15) is 4.79 Å². The minimum Gasteiger partial charge on any atom is -0.293 e. The van der Waals surface area contributed by atoms with Crippen molar-refractivity contribution in [3.63, 3.8) is 0 Å². The van der Waals surface area contributed by atoms with Crippen LogP contribution < -0.4 is 0 Å². The number of hydrogen-bond acceptors (Lipinski definition) is 1. The Kier molecular flexibility index (Phi) is 5.59. The second kappa shape index (κ2) is 7.44. The van der Waals surface area contributed by atoms with Crippen molar-refractivity contribution >= 4 is 29.0 Å². The van der Waals surface area contributed by atoms with E-state index in [0.29, 0.717) is 12.0 Å². The molecule has 0 saturated heterocycles. The highest BCUT2D eigenvalue weighted by atomic mass is 35.5. The molecule has 1 nitrogen and oxygen atoms in total. The van der Waals surface area contributed by atoms with Crippen LogP contribution in [0.15, 0.2) is 83.9 Å². The molecule has 0 heterocycles. The van der Waals surface area contributed by atoms with Gasteiger partial charge in [-0.2, -0.15) is 0 Å². The lowest BCUT2D eigenvalue weighted by Crippen LogP contribution is -2.36. The summed E-state index contributed by atoms with van der Waals surface area (Å²) in [6, 6.07) is 18.5. The minimum atomic E-state index is -1.05. The fraction of sp³-hybridized carbons (Fsp3) is 0.105. The highest BCUT2D eigenvalue weighted by Gasteiger charge is 2.42. The highest BCUT2D eigenvalue weighted by Crippen LogP contribution is 2.41. The van der Waals surface area contributed by atoms with E-state index >= 15 is 0 Å². The minimum absolute atomic E-state index is 0.0962. The molecule has 3 heteroatoms. The van der Waals surface area contributed by atoms with Crippen molar-refractivity contribution in [3.8, 4) is 0 Å². The second-order valence-corrected chi connectivity index (χ2v) is 5.54. The zero-order chi connectivity index (χ0) is 16.0. The topological polar surface area (TPSA) is 17.1 Å². The first-order valence-corrected chi connectivity index (χ1v) is 7.71. The summed E-state index contributed by atoms with van der Waals surface area (Å²) in [6.45, 7) is 3.78. The van der Waals surface area contributed by atoms with Crippen LogP contribution in [0.1, 0.15) is 22.3 Å². The van der Waals surface area contributed by atoms with Gasteiger partial charge in [0.25, 0.3) is 0 Å². The molecule has 0 fully saturated rings. The molecule has 0 N–H and O–H groups in total. The number of rotatable bonds is 6. The lowest BCUT2D eigenvalue weighted by molar-refractivity contribution is 0.0915. The molecule has 0 aliphatic heterocycles. The van der Waals surface area contributed by atoms with Crippen LogP contribution in [0.25, 0.3) is 0 Å². The van der Waals surface area contributed by atoms with Gasteiger partial charge in [0.2, 0.25) is 0 Å². The largest absolute Gasteiger partial charge is 0.293 e. The van der Waals surface area contributed by atoms with Crippen molar-refractivity contribution in [1.29, 1.82) is 0 Å². The van der Waals surface area contributed by atoms with Crippen LogP contribution in [0.4, 0.5) is 0 Å². The Morgan fingerprint density at radius 2 is 1.59 bits per heavy atom. The molecule has 0 radical (unpaired) electrons. The lowest BCUT2D eigenvalue weighted by atomic mass is 9.72. The molecule has 2 rings (SSSR count). The number of allylic oxidation sites excluding steroid dienone is 2. The van der Waals surface area contributed by atoms with Gasteiger partial charge >= 0.3 is 0 Å². The van der Waals surface area contributed by atoms with Gasteiger partial charge in [0.1, 0.15) is 0 Å². The van der Waals surface area contributed by atoms with Crippen molar-refractivity contribution in [3.05, 3.63) is 95.0 Å². The van der Waals surface area contributed by atoms with Gasteiger partial charge in [-0.25, -0.2) is 0 Å². The van der Waals surface area contributed by atoms with E-state index in [1.165, 1.54) is 5.54 Å². The van der Waals surface area contributed by atoms with Gasteiger partial charge in [-0.05, 0) is 12.0 Å². The van der Waals surface area contributed by atoms with E-state index in [4.69, 9.17) is 23.2 Å². The first-order chi connectivity index (χ1) is 10.7. The number of carbonyl (C=O) groups excluding carboxylic acids is 1. The standard InChI is InChI=1S/C19H16Cl2O/c1-2-13-19(17(21)14-20,16-11-7-4-8-12-16)18(22)15-9-5-3-6-10-15/h2-12,14H,1,13H2/b17-14+. The van der Waals surface area contributed by atoms with Crippen LogP contribution in [0, 0.1) is 0 Å². The number of hydrogen-bond donors (Lipinski definition) is 0. The summed E-state index contributed by atoms with van der Waals surface area (Å²) in [7, 11) is 0. The normalized spacial score (nSPS) is 14.2. The molecule has 0 amide bonds. The maximum atomic E-state index is 13.2. The Hall–Kier alpha value is -1.83. The molecule has 2 aromatic carbocycles. The van der Waals surface area contributed by atoms with E-state index in [1.807, 2.05) is 48.5 Å². The van der Waals surface area contributed by atoms with Crippen LogP contribution in [-0.4, -0.2) is 5.78 Å². The first kappa shape index (κ1) is 16.5. The van der Waals surface area contributed by atoms with Crippen molar-refractivity contribution < 1.29 is 4.79 Å². The molecule has 0 aliphatic rings. The summed E-state index contributed by atoms with van der Waals surface area (Å²) < 4.78 is 0. The second-order valence-electron chi connectivity index (χ2n) is 4.92. The van der Waals surface area contributed by atoms with Crippen LogP contribution in [0.5, 0.6) is 0 Å². The average Bonchev–Trinajstić information content (AvgIpc) is 2.60.